The van der Waals surface area contributed by atoms with E-state index in [1.165, 1.54) is 14.2 Å². The first-order chi connectivity index (χ1) is 19.0. The zero-order valence-corrected chi connectivity index (χ0v) is 26.1. The van der Waals surface area contributed by atoms with Crippen LogP contribution in [0.3, 0.4) is 0 Å². The van der Waals surface area contributed by atoms with E-state index in [2.05, 4.69) is 47.5 Å². The number of carbonyl (C=O) groups excluding carboxylic acids is 2. The molecule has 0 bridgehead atoms. The lowest BCUT2D eigenvalue weighted by Gasteiger charge is -2.43. The Morgan fingerprint density at radius 2 is 1.32 bits per heavy atom. The fourth-order valence-electron chi connectivity index (χ4n) is 5.89. The molecule has 0 aliphatic carbocycles. The molecule has 2 aromatic rings. The Morgan fingerprint density at radius 1 is 0.850 bits per heavy atom. The third kappa shape index (κ3) is 6.95. The van der Waals surface area contributed by atoms with Gasteiger partial charge in [0.2, 0.25) is 0 Å². The summed E-state index contributed by atoms with van der Waals surface area (Å²) < 4.78 is 17.6. The number of methoxy groups -OCH3 is 2. The molecule has 2 rings (SSSR count). The molecule has 0 amide bonds. The van der Waals surface area contributed by atoms with Crippen LogP contribution >= 0.6 is 0 Å². The maximum absolute atomic E-state index is 13.5. The van der Waals surface area contributed by atoms with Crippen LogP contribution in [0.25, 0.3) is 6.08 Å². The standard InChI is InChI=1S/C34H44O5Si/c1-10-23-34(32(35)37-8,33(36)38-9)31(29-19-15-12-16-20-29)24-30(22-21-28-17-13-11-14-18-28)39-40(25(2)3,26(4)5)27(6)7/h1,11-22,24-27,31H,23H2,2-9H3/b22-21+,30-24+. The molecule has 0 radical (unpaired) electrons. The van der Waals surface area contributed by atoms with Crippen molar-refractivity contribution >= 4 is 26.3 Å². The van der Waals surface area contributed by atoms with Crippen LogP contribution in [0.4, 0.5) is 0 Å². The molecule has 0 spiro atoms. The van der Waals surface area contributed by atoms with Crippen molar-refractivity contribution in [3.8, 4) is 12.3 Å². The second-order valence-electron chi connectivity index (χ2n) is 11.0. The van der Waals surface area contributed by atoms with Gasteiger partial charge in [-0.2, -0.15) is 0 Å². The highest BCUT2D eigenvalue weighted by Crippen LogP contribution is 2.47. The lowest BCUT2D eigenvalue weighted by molar-refractivity contribution is -0.169. The largest absolute Gasteiger partial charge is 0.543 e. The minimum atomic E-state index is -2.44. The molecule has 5 nitrogen and oxygen atoms in total. The number of esters is 2. The number of terminal acetylenes is 1. The summed E-state index contributed by atoms with van der Waals surface area (Å²) in [5, 5.41) is 0. The van der Waals surface area contributed by atoms with Crippen LogP contribution < -0.4 is 0 Å². The Balaban J connectivity index is 2.96. The number of benzene rings is 2. The Kier molecular flexibility index (Phi) is 12.0. The molecule has 0 fully saturated rings. The summed E-state index contributed by atoms with van der Waals surface area (Å²) in [7, 11) is 0.0690. The average molecular weight is 561 g/mol. The van der Waals surface area contributed by atoms with Gasteiger partial charge in [0, 0.05) is 12.3 Å². The van der Waals surface area contributed by atoms with Gasteiger partial charge in [0.05, 0.1) is 20.0 Å². The van der Waals surface area contributed by atoms with Crippen LogP contribution in [0.15, 0.2) is 78.6 Å². The summed E-state index contributed by atoms with van der Waals surface area (Å²) in [5.41, 5.74) is 0.796. The molecule has 214 valence electrons. The monoisotopic (exact) mass is 560 g/mol. The highest BCUT2D eigenvalue weighted by Gasteiger charge is 2.55. The van der Waals surface area contributed by atoms with Crippen LogP contribution in [0, 0.1) is 17.8 Å². The Morgan fingerprint density at radius 3 is 1.75 bits per heavy atom. The zero-order chi connectivity index (χ0) is 29.9. The van der Waals surface area contributed by atoms with Crippen molar-refractivity contribution in [2.75, 3.05) is 14.2 Å². The number of hydrogen-bond acceptors (Lipinski definition) is 5. The second kappa shape index (κ2) is 14.7. The maximum atomic E-state index is 13.5. The molecule has 1 unspecified atom stereocenters. The van der Waals surface area contributed by atoms with E-state index in [0.717, 1.165) is 5.56 Å². The summed E-state index contributed by atoms with van der Waals surface area (Å²) in [6.45, 7) is 13.3. The molecule has 0 aromatic heterocycles. The maximum Gasteiger partial charge on any atom is 0.325 e. The first-order valence-corrected chi connectivity index (χ1v) is 15.9. The Hall–Kier alpha value is -3.56. The third-order valence-corrected chi connectivity index (χ3v) is 13.7. The predicted molar refractivity (Wildman–Crippen MR) is 165 cm³/mol. The van der Waals surface area contributed by atoms with E-state index in [0.29, 0.717) is 27.9 Å². The second-order valence-corrected chi connectivity index (χ2v) is 16.3. The molecule has 0 aliphatic rings. The molecule has 2 aromatic carbocycles. The molecule has 0 aliphatic heterocycles. The van der Waals surface area contributed by atoms with Gasteiger partial charge < -0.3 is 13.9 Å². The summed E-state index contributed by atoms with van der Waals surface area (Å²) >= 11 is 0. The Labute approximate surface area is 241 Å². The molecule has 1 atom stereocenters. The fraction of sp³-hybridized carbons (Fsp3) is 0.412. The molecule has 0 saturated carbocycles. The van der Waals surface area contributed by atoms with Crippen LogP contribution in [-0.2, 0) is 23.5 Å². The third-order valence-electron chi connectivity index (χ3n) is 7.74. The zero-order valence-electron chi connectivity index (χ0n) is 25.1. The fourth-order valence-corrected chi connectivity index (χ4v) is 11.1. The lowest BCUT2D eigenvalue weighted by Crippen LogP contribution is -2.48. The van der Waals surface area contributed by atoms with Gasteiger partial charge in [-0.15, -0.1) is 12.3 Å². The van der Waals surface area contributed by atoms with Crippen molar-refractivity contribution in [2.45, 2.75) is 70.5 Å². The molecular weight excluding hydrogens is 516 g/mol. The SMILES string of the molecule is C#CCC(C(=O)OC)(C(=O)OC)C(/C=C(\C=C\c1ccccc1)O[Si](C(C)C)(C(C)C)C(C)C)c1ccccc1. The van der Waals surface area contributed by atoms with E-state index < -0.39 is 31.6 Å². The van der Waals surface area contributed by atoms with Crippen molar-refractivity contribution < 1.29 is 23.5 Å². The van der Waals surface area contributed by atoms with E-state index >= 15 is 0 Å². The number of carbonyl (C=O) groups is 2. The van der Waals surface area contributed by atoms with Crippen molar-refractivity contribution in [2.24, 2.45) is 5.41 Å². The van der Waals surface area contributed by atoms with Gasteiger partial charge >= 0.3 is 11.9 Å². The predicted octanol–water partition coefficient (Wildman–Crippen LogP) is 7.92. The van der Waals surface area contributed by atoms with Gasteiger partial charge in [-0.1, -0.05) is 108 Å². The minimum absolute atomic E-state index is 0.209. The van der Waals surface area contributed by atoms with E-state index in [-0.39, 0.29) is 6.42 Å². The van der Waals surface area contributed by atoms with Gasteiger partial charge in [0.15, 0.2) is 5.41 Å². The minimum Gasteiger partial charge on any atom is -0.543 e. The highest BCUT2D eigenvalue weighted by atomic mass is 28.4. The van der Waals surface area contributed by atoms with Crippen molar-refractivity contribution in [1.82, 2.24) is 0 Å². The Bertz CT molecular complexity index is 1170. The lowest BCUT2D eigenvalue weighted by atomic mass is 9.69. The van der Waals surface area contributed by atoms with Gasteiger partial charge in [0.25, 0.3) is 8.32 Å². The van der Waals surface area contributed by atoms with Crippen LogP contribution in [-0.4, -0.2) is 34.5 Å². The van der Waals surface area contributed by atoms with Gasteiger partial charge in [0.1, 0.15) is 0 Å². The van der Waals surface area contributed by atoms with E-state index in [1.807, 2.05) is 78.9 Å². The first kappa shape index (κ1) is 32.6. The van der Waals surface area contributed by atoms with E-state index in [1.54, 1.807) is 0 Å². The normalized spacial score (nSPS) is 13.4. The van der Waals surface area contributed by atoms with Crippen LogP contribution in [0.1, 0.15) is 65.0 Å². The quantitative estimate of drug-likeness (QED) is 0.0622. The molecular formula is C34H44O5Si. The van der Waals surface area contributed by atoms with Gasteiger partial charge in [-0.25, -0.2) is 0 Å². The summed E-state index contributed by atoms with van der Waals surface area (Å²) in [5.74, 6) is 0.788. The van der Waals surface area contributed by atoms with Crippen molar-refractivity contribution in [3.05, 3.63) is 89.7 Å². The summed E-state index contributed by atoms with van der Waals surface area (Å²) in [4.78, 5) is 27.0. The van der Waals surface area contributed by atoms with Gasteiger partial charge in [-0.05, 0) is 39.9 Å². The van der Waals surface area contributed by atoms with Crippen molar-refractivity contribution in [3.63, 3.8) is 0 Å². The first-order valence-electron chi connectivity index (χ1n) is 13.8. The summed E-state index contributed by atoms with van der Waals surface area (Å²) in [6.07, 6.45) is 11.3. The number of ether oxygens (including phenoxy) is 2. The van der Waals surface area contributed by atoms with Crippen LogP contribution in [0.2, 0.25) is 16.6 Å². The number of rotatable bonds is 13. The molecule has 6 heteroatoms. The molecule has 0 N–H and O–H groups in total. The summed E-state index contributed by atoms with van der Waals surface area (Å²) in [6, 6.07) is 19.3. The average Bonchev–Trinajstić information content (AvgIpc) is 2.95. The van der Waals surface area contributed by atoms with Crippen molar-refractivity contribution in [1.29, 1.82) is 0 Å². The van der Waals surface area contributed by atoms with Gasteiger partial charge in [-0.3, -0.25) is 9.59 Å². The topological polar surface area (TPSA) is 61.8 Å². The molecule has 40 heavy (non-hydrogen) atoms. The molecule has 0 saturated heterocycles. The number of hydrogen-bond donors (Lipinski definition) is 0. The number of allylic oxidation sites excluding steroid dienone is 2. The highest BCUT2D eigenvalue weighted by molar-refractivity contribution is 6.77. The smallest absolute Gasteiger partial charge is 0.325 e. The van der Waals surface area contributed by atoms with E-state index in [4.69, 9.17) is 20.3 Å². The van der Waals surface area contributed by atoms with E-state index in [9.17, 15) is 9.59 Å². The van der Waals surface area contributed by atoms with Crippen LogP contribution in [0.5, 0.6) is 0 Å². The molecule has 0 heterocycles.